The Morgan fingerprint density at radius 1 is 1.23 bits per heavy atom. The number of hydrogen-bond donors (Lipinski definition) is 1. The van der Waals surface area contributed by atoms with E-state index in [4.69, 9.17) is 0 Å². The number of rotatable bonds is 3. The maximum atomic E-state index is 12.3. The smallest absolute Gasteiger partial charge is 0.229 e. The summed E-state index contributed by atoms with van der Waals surface area (Å²) in [7, 11) is 0. The molecule has 22 heavy (non-hydrogen) atoms. The van der Waals surface area contributed by atoms with Crippen molar-refractivity contribution in [2.24, 2.45) is 5.92 Å². The molecule has 0 bridgehead atoms. The number of amides is 1. The van der Waals surface area contributed by atoms with Crippen LogP contribution in [0.1, 0.15) is 23.7 Å². The standard InChI is InChI=1S/C17H15N3OS/c1-10-18-17(22-20-10)19-16(21)15-9-14(15)13-7-6-11-4-2-3-5-12(11)8-13/h2-8,14-15H,9H2,1H3,(H,18,19,20,21)/t14-,15-/m0/s1. The Balaban J connectivity index is 1.49. The van der Waals surface area contributed by atoms with Gasteiger partial charge in [0.25, 0.3) is 0 Å². The fraction of sp³-hybridized carbons (Fsp3) is 0.235. The molecule has 1 aromatic heterocycles. The van der Waals surface area contributed by atoms with Crippen LogP contribution in [0.25, 0.3) is 10.8 Å². The second-order valence-electron chi connectivity index (χ2n) is 5.69. The molecule has 0 saturated heterocycles. The number of nitrogens with zero attached hydrogens (tertiary/aromatic N) is 2. The third-order valence-corrected chi connectivity index (χ3v) is 4.81. The third-order valence-electron chi connectivity index (χ3n) is 4.09. The predicted molar refractivity (Wildman–Crippen MR) is 88.1 cm³/mol. The van der Waals surface area contributed by atoms with Crippen LogP contribution in [0.2, 0.25) is 0 Å². The van der Waals surface area contributed by atoms with E-state index >= 15 is 0 Å². The number of benzene rings is 2. The van der Waals surface area contributed by atoms with E-state index in [0.717, 1.165) is 6.42 Å². The van der Waals surface area contributed by atoms with E-state index in [9.17, 15) is 4.79 Å². The Bertz CT molecular complexity index is 858. The van der Waals surface area contributed by atoms with E-state index in [1.165, 1.54) is 27.9 Å². The van der Waals surface area contributed by atoms with Gasteiger partial charge in [-0.2, -0.15) is 4.37 Å². The average molecular weight is 309 g/mol. The van der Waals surface area contributed by atoms with Crippen LogP contribution in [0.5, 0.6) is 0 Å². The molecule has 1 aliphatic rings. The summed E-state index contributed by atoms with van der Waals surface area (Å²) in [5, 5.41) is 5.92. The predicted octanol–water partition coefficient (Wildman–Crippen LogP) is 3.74. The second-order valence-corrected chi connectivity index (χ2v) is 6.44. The summed E-state index contributed by atoms with van der Waals surface area (Å²) in [6.07, 6.45) is 0.905. The molecule has 0 aliphatic heterocycles. The van der Waals surface area contributed by atoms with E-state index in [-0.39, 0.29) is 11.8 Å². The van der Waals surface area contributed by atoms with Gasteiger partial charge in [0.05, 0.1) is 0 Å². The summed E-state index contributed by atoms with van der Waals surface area (Å²) in [5.74, 6) is 1.11. The maximum absolute atomic E-state index is 12.3. The number of anilines is 1. The summed E-state index contributed by atoms with van der Waals surface area (Å²) >= 11 is 1.23. The largest absolute Gasteiger partial charge is 0.300 e. The fourth-order valence-corrected chi connectivity index (χ4v) is 3.42. The number of aromatic nitrogens is 2. The first-order valence-corrected chi connectivity index (χ1v) is 8.08. The molecule has 2 atom stereocenters. The zero-order chi connectivity index (χ0) is 15.1. The molecule has 1 saturated carbocycles. The Hall–Kier alpha value is -2.27. The summed E-state index contributed by atoms with van der Waals surface area (Å²) in [5.41, 5.74) is 1.24. The zero-order valence-electron chi connectivity index (χ0n) is 12.1. The normalized spacial score (nSPS) is 20.0. The van der Waals surface area contributed by atoms with Crippen LogP contribution in [0.3, 0.4) is 0 Å². The first kappa shape index (κ1) is 13.4. The highest BCUT2D eigenvalue weighted by atomic mass is 32.1. The summed E-state index contributed by atoms with van der Waals surface area (Å²) in [6, 6.07) is 14.8. The monoisotopic (exact) mass is 309 g/mol. The molecule has 4 rings (SSSR count). The third kappa shape index (κ3) is 2.48. The van der Waals surface area contributed by atoms with Crippen LogP contribution < -0.4 is 5.32 Å². The lowest BCUT2D eigenvalue weighted by Crippen LogP contribution is -2.14. The SMILES string of the molecule is Cc1nsc(NC(=O)[C@H]2C[C@H]2c2ccc3ccccc3c2)n1. The lowest BCUT2D eigenvalue weighted by Gasteiger charge is -2.04. The number of carbonyl (C=O) groups excluding carboxylic acids is 1. The van der Waals surface area contributed by atoms with Gasteiger partial charge >= 0.3 is 0 Å². The molecular formula is C17H15N3OS. The lowest BCUT2D eigenvalue weighted by molar-refractivity contribution is -0.117. The molecule has 110 valence electrons. The number of fused-ring (bicyclic) bond motifs is 1. The van der Waals surface area contributed by atoms with Gasteiger partial charge in [0.2, 0.25) is 11.0 Å². The molecule has 1 aliphatic carbocycles. The molecule has 3 aromatic rings. The van der Waals surface area contributed by atoms with Crippen molar-refractivity contribution >= 4 is 33.3 Å². The molecule has 0 unspecified atom stereocenters. The van der Waals surface area contributed by atoms with Gasteiger partial charge in [0.1, 0.15) is 5.82 Å². The van der Waals surface area contributed by atoms with Crippen LogP contribution in [0.4, 0.5) is 5.13 Å². The van der Waals surface area contributed by atoms with Crippen molar-refractivity contribution in [3.05, 3.63) is 53.9 Å². The van der Waals surface area contributed by atoms with E-state index < -0.39 is 0 Å². The zero-order valence-corrected chi connectivity index (χ0v) is 12.9. The van der Waals surface area contributed by atoms with Crippen molar-refractivity contribution in [1.29, 1.82) is 0 Å². The summed E-state index contributed by atoms with van der Waals surface area (Å²) in [4.78, 5) is 16.4. The fourth-order valence-electron chi connectivity index (χ4n) is 2.84. The molecule has 5 heteroatoms. The van der Waals surface area contributed by atoms with E-state index in [2.05, 4.69) is 45.0 Å². The van der Waals surface area contributed by atoms with Gasteiger partial charge in [0.15, 0.2) is 0 Å². The molecule has 1 N–H and O–H groups in total. The van der Waals surface area contributed by atoms with E-state index in [1.807, 2.05) is 19.1 Å². The van der Waals surface area contributed by atoms with E-state index in [0.29, 0.717) is 16.9 Å². The Labute approximate surface area is 132 Å². The topological polar surface area (TPSA) is 54.9 Å². The maximum Gasteiger partial charge on any atom is 0.229 e. The minimum absolute atomic E-state index is 0.0466. The van der Waals surface area contributed by atoms with Crippen LogP contribution in [-0.2, 0) is 4.79 Å². The Morgan fingerprint density at radius 3 is 2.82 bits per heavy atom. The van der Waals surface area contributed by atoms with Gasteiger partial charge in [0, 0.05) is 17.5 Å². The number of aryl methyl sites for hydroxylation is 1. The molecule has 4 nitrogen and oxygen atoms in total. The van der Waals surface area contributed by atoms with Crippen molar-refractivity contribution in [2.75, 3.05) is 5.32 Å². The summed E-state index contributed by atoms with van der Waals surface area (Å²) in [6.45, 7) is 1.82. The molecule has 1 fully saturated rings. The van der Waals surface area contributed by atoms with Gasteiger partial charge < -0.3 is 5.32 Å². The van der Waals surface area contributed by atoms with Gasteiger partial charge in [-0.15, -0.1) is 0 Å². The van der Waals surface area contributed by atoms with Gasteiger partial charge in [-0.05, 0) is 35.6 Å². The first-order chi connectivity index (χ1) is 10.7. The average Bonchev–Trinajstić information content (AvgIpc) is 3.24. The highest BCUT2D eigenvalue weighted by molar-refractivity contribution is 7.09. The van der Waals surface area contributed by atoms with Crippen LogP contribution >= 0.6 is 11.5 Å². The molecule has 1 amide bonds. The highest BCUT2D eigenvalue weighted by Gasteiger charge is 2.44. The number of hydrogen-bond acceptors (Lipinski definition) is 4. The first-order valence-electron chi connectivity index (χ1n) is 7.30. The van der Waals surface area contributed by atoms with Crippen molar-refractivity contribution in [3.63, 3.8) is 0 Å². The van der Waals surface area contributed by atoms with Crippen molar-refractivity contribution in [1.82, 2.24) is 9.36 Å². The van der Waals surface area contributed by atoms with Crippen LogP contribution in [0.15, 0.2) is 42.5 Å². The molecule has 1 heterocycles. The van der Waals surface area contributed by atoms with Crippen LogP contribution in [0, 0.1) is 12.8 Å². The van der Waals surface area contributed by atoms with Gasteiger partial charge in [-0.3, -0.25) is 4.79 Å². The van der Waals surface area contributed by atoms with Gasteiger partial charge in [-0.1, -0.05) is 42.5 Å². The number of nitrogens with one attached hydrogen (secondary N) is 1. The van der Waals surface area contributed by atoms with Crippen molar-refractivity contribution in [3.8, 4) is 0 Å². The highest BCUT2D eigenvalue weighted by Crippen LogP contribution is 2.48. The second kappa shape index (κ2) is 5.18. The van der Waals surface area contributed by atoms with Crippen molar-refractivity contribution < 1.29 is 4.79 Å². The van der Waals surface area contributed by atoms with Gasteiger partial charge in [-0.25, -0.2) is 4.98 Å². The van der Waals surface area contributed by atoms with Crippen LogP contribution in [-0.4, -0.2) is 15.3 Å². The molecule has 0 spiro atoms. The van der Waals surface area contributed by atoms with Crippen molar-refractivity contribution in [2.45, 2.75) is 19.3 Å². The Kier molecular flexibility index (Phi) is 3.15. The molecule has 2 aromatic carbocycles. The number of carbonyl (C=O) groups is 1. The minimum atomic E-state index is 0.0466. The summed E-state index contributed by atoms with van der Waals surface area (Å²) < 4.78 is 4.08. The minimum Gasteiger partial charge on any atom is -0.300 e. The quantitative estimate of drug-likeness (QED) is 0.802. The lowest BCUT2D eigenvalue weighted by atomic mass is 10.0. The Morgan fingerprint density at radius 2 is 2.05 bits per heavy atom. The molecular weight excluding hydrogens is 294 g/mol. The van der Waals surface area contributed by atoms with E-state index in [1.54, 1.807) is 0 Å². The molecule has 0 radical (unpaired) electrons.